The number of fused-ring (bicyclic) bond motifs is 1. The van der Waals surface area contributed by atoms with E-state index >= 15 is 0 Å². The first-order valence-electron chi connectivity index (χ1n) is 12.1. The van der Waals surface area contributed by atoms with Crippen LogP contribution in [0.5, 0.6) is 0 Å². The Bertz CT molecular complexity index is 1390. The lowest BCUT2D eigenvalue weighted by Gasteiger charge is -2.34. The van der Waals surface area contributed by atoms with E-state index in [1.54, 1.807) is 6.07 Å². The summed E-state index contributed by atoms with van der Waals surface area (Å²) in [6, 6.07) is 25.6. The molecule has 1 saturated heterocycles. The first kappa shape index (κ1) is 23.2. The van der Waals surface area contributed by atoms with Crippen LogP contribution in [0.15, 0.2) is 83.7 Å². The number of H-pyrrole nitrogens is 1. The Balaban J connectivity index is 1.43. The van der Waals surface area contributed by atoms with Crippen molar-refractivity contribution in [1.29, 1.82) is 0 Å². The summed E-state index contributed by atoms with van der Waals surface area (Å²) in [5.41, 5.74) is 4.21. The lowest BCUT2D eigenvalue weighted by molar-refractivity contribution is -0.125. The van der Waals surface area contributed by atoms with Gasteiger partial charge in [-0.25, -0.2) is 0 Å². The van der Waals surface area contributed by atoms with Crippen molar-refractivity contribution >= 4 is 34.1 Å². The Morgan fingerprint density at radius 1 is 1.03 bits per heavy atom. The maximum atomic E-state index is 13.4. The molecule has 2 N–H and O–H groups in total. The molecular weight excluding hydrogens is 458 g/mol. The summed E-state index contributed by atoms with van der Waals surface area (Å²) in [6.07, 6.45) is 2.45. The highest BCUT2D eigenvalue weighted by Crippen LogP contribution is 2.37. The van der Waals surface area contributed by atoms with Gasteiger partial charge >= 0.3 is 0 Å². The Hall–Kier alpha value is -3.57. The van der Waals surface area contributed by atoms with E-state index in [1.165, 1.54) is 5.56 Å². The van der Waals surface area contributed by atoms with Crippen LogP contribution in [-0.4, -0.2) is 30.5 Å². The zero-order valence-corrected chi connectivity index (χ0v) is 20.2. The van der Waals surface area contributed by atoms with Gasteiger partial charge in [0.25, 0.3) is 5.56 Å². The summed E-state index contributed by atoms with van der Waals surface area (Å²) in [6.45, 7) is 1.83. The summed E-state index contributed by atoms with van der Waals surface area (Å²) in [5, 5.41) is 4.61. The maximum Gasteiger partial charge on any atom is 0.272 e. The van der Waals surface area contributed by atoms with Gasteiger partial charge in [-0.3, -0.25) is 9.59 Å². The topological polar surface area (TPSA) is 65.2 Å². The van der Waals surface area contributed by atoms with Crippen molar-refractivity contribution < 1.29 is 4.79 Å². The smallest absolute Gasteiger partial charge is 0.272 e. The van der Waals surface area contributed by atoms with Crippen LogP contribution < -0.4 is 15.8 Å². The van der Waals surface area contributed by atoms with E-state index in [4.69, 9.17) is 11.6 Å². The van der Waals surface area contributed by atoms with Crippen LogP contribution in [0.4, 0.5) is 5.69 Å². The number of carbonyl (C=O) groups is 1. The predicted molar refractivity (Wildman–Crippen MR) is 143 cm³/mol. The highest BCUT2D eigenvalue weighted by molar-refractivity contribution is 6.31. The van der Waals surface area contributed by atoms with Gasteiger partial charge in [-0.15, -0.1) is 0 Å². The summed E-state index contributed by atoms with van der Waals surface area (Å²) < 4.78 is 0. The number of piperidine rings is 1. The molecule has 1 aromatic heterocycles. The number of halogens is 1. The zero-order chi connectivity index (χ0) is 24.2. The number of aromatic amines is 1. The van der Waals surface area contributed by atoms with Crippen LogP contribution in [0.25, 0.3) is 22.0 Å². The number of nitrogens with zero attached hydrogens (tertiary/aromatic N) is 1. The molecule has 1 fully saturated rings. The number of pyridine rings is 1. The Kier molecular flexibility index (Phi) is 6.87. The fraction of sp³-hybridized carbons (Fsp3) is 0.241. The largest absolute Gasteiger partial charge is 0.366 e. The van der Waals surface area contributed by atoms with E-state index in [0.717, 1.165) is 47.8 Å². The third kappa shape index (κ3) is 5.10. The molecule has 4 aromatic rings. The third-order valence-corrected chi connectivity index (χ3v) is 6.91. The summed E-state index contributed by atoms with van der Waals surface area (Å²) in [5.74, 6) is -0.121. The van der Waals surface area contributed by atoms with E-state index in [1.807, 2.05) is 60.7 Å². The number of hydrogen-bond donors (Lipinski definition) is 2. The molecule has 3 aromatic carbocycles. The molecule has 0 radical (unpaired) electrons. The van der Waals surface area contributed by atoms with E-state index < -0.39 is 0 Å². The fourth-order valence-electron chi connectivity index (χ4n) is 4.97. The Morgan fingerprint density at radius 3 is 2.54 bits per heavy atom. The fourth-order valence-corrected chi connectivity index (χ4v) is 5.14. The quantitative estimate of drug-likeness (QED) is 0.383. The van der Waals surface area contributed by atoms with Crippen molar-refractivity contribution in [3.8, 4) is 11.1 Å². The molecule has 5 nitrogen and oxygen atoms in total. The Morgan fingerprint density at radius 2 is 1.77 bits per heavy atom. The van der Waals surface area contributed by atoms with Gasteiger partial charge in [0.05, 0.1) is 5.92 Å². The van der Waals surface area contributed by atoms with Crippen LogP contribution in [0.3, 0.4) is 0 Å². The van der Waals surface area contributed by atoms with Gasteiger partial charge in [0.2, 0.25) is 5.91 Å². The normalized spacial score (nSPS) is 15.8. The number of rotatable bonds is 6. The van der Waals surface area contributed by atoms with E-state index in [9.17, 15) is 9.59 Å². The lowest BCUT2D eigenvalue weighted by Crippen LogP contribution is -2.45. The monoisotopic (exact) mass is 485 g/mol. The van der Waals surface area contributed by atoms with Crippen molar-refractivity contribution in [2.45, 2.75) is 19.3 Å². The first-order valence-corrected chi connectivity index (χ1v) is 12.5. The molecule has 6 heteroatoms. The first-order chi connectivity index (χ1) is 17.1. The van der Waals surface area contributed by atoms with Crippen molar-refractivity contribution in [1.82, 2.24) is 10.3 Å². The van der Waals surface area contributed by atoms with Gasteiger partial charge < -0.3 is 15.2 Å². The maximum absolute atomic E-state index is 13.4. The number of carbonyl (C=O) groups excluding carboxylic acids is 1. The average Bonchev–Trinajstić information content (AvgIpc) is 2.89. The molecule has 1 amide bonds. The van der Waals surface area contributed by atoms with E-state index in [0.29, 0.717) is 23.8 Å². The molecule has 1 unspecified atom stereocenters. The van der Waals surface area contributed by atoms with Crippen LogP contribution >= 0.6 is 11.6 Å². The standard InChI is InChI=1S/C29H28ClN3O2/c30-23-13-14-25-24(18-23)26(21-10-5-2-6-11-21)27(29(35)32-25)33-17-7-12-22(19-33)28(34)31-16-15-20-8-3-1-4-9-20/h1-6,8-11,13-14,18,22H,7,12,15-17,19H2,(H,31,34)(H,32,35). The minimum Gasteiger partial charge on any atom is -0.366 e. The number of hydrogen-bond acceptors (Lipinski definition) is 3. The molecule has 0 saturated carbocycles. The molecule has 0 spiro atoms. The van der Waals surface area contributed by atoms with Crippen LogP contribution in [-0.2, 0) is 11.2 Å². The van der Waals surface area contributed by atoms with E-state index in [2.05, 4.69) is 27.3 Å². The summed E-state index contributed by atoms with van der Waals surface area (Å²) in [7, 11) is 0. The van der Waals surface area contributed by atoms with Gasteiger partial charge in [0.1, 0.15) is 5.69 Å². The van der Waals surface area contributed by atoms with Gasteiger partial charge in [-0.05, 0) is 48.6 Å². The van der Waals surface area contributed by atoms with Crippen LogP contribution in [0.2, 0.25) is 5.02 Å². The number of aromatic nitrogens is 1. The second-order valence-corrected chi connectivity index (χ2v) is 9.48. The SMILES string of the molecule is O=C(NCCc1ccccc1)C1CCCN(c2c(-c3ccccc3)c3cc(Cl)ccc3[nH]c2=O)C1. The third-order valence-electron chi connectivity index (χ3n) is 6.68. The minimum atomic E-state index is -0.169. The summed E-state index contributed by atoms with van der Waals surface area (Å²) in [4.78, 5) is 31.5. The highest BCUT2D eigenvalue weighted by atomic mass is 35.5. The highest BCUT2D eigenvalue weighted by Gasteiger charge is 2.29. The molecule has 0 bridgehead atoms. The number of nitrogens with one attached hydrogen (secondary N) is 2. The summed E-state index contributed by atoms with van der Waals surface area (Å²) >= 11 is 6.35. The molecule has 1 aliphatic heterocycles. The van der Waals surface area contributed by atoms with Crippen LogP contribution in [0.1, 0.15) is 18.4 Å². The van der Waals surface area contributed by atoms with Gasteiger partial charge in [-0.1, -0.05) is 72.3 Å². The Labute approximate surface area is 209 Å². The van der Waals surface area contributed by atoms with Gasteiger partial charge in [0.15, 0.2) is 0 Å². The van der Waals surface area contributed by atoms with Crippen molar-refractivity contribution in [2.75, 3.05) is 24.5 Å². The second kappa shape index (κ2) is 10.4. The van der Waals surface area contributed by atoms with Crippen molar-refractivity contribution in [3.63, 3.8) is 0 Å². The molecule has 2 heterocycles. The van der Waals surface area contributed by atoms with Crippen molar-refractivity contribution in [2.24, 2.45) is 5.92 Å². The molecule has 178 valence electrons. The van der Waals surface area contributed by atoms with Gasteiger partial charge in [0, 0.05) is 41.1 Å². The zero-order valence-electron chi connectivity index (χ0n) is 19.5. The number of benzene rings is 3. The number of amides is 1. The molecule has 35 heavy (non-hydrogen) atoms. The molecule has 1 aliphatic rings. The van der Waals surface area contributed by atoms with Gasteiger partial charge in [-0.2, -0.15) is 0 Å². The molecule has 0 aliphatic carbocycles. The second-order valence-electron chi connectivity index (χ2n) is 9.05. The lowest BCUT2D eigenvalue weighted by atomic mass is 9.94. The molecule has 1 atom stereocenters. The average molecular weight is 486 g/mol. The number of anilines is 1. The molecule has 5 rings (SSSR count). The van der Waals surface area contributed by atoms with E-state index in [-0.39, 0.29) is 17.4 Å². The van der Waals surface area contributed by atoms with Crippen molar-refractivity contribution in [3.05, 3.63) is 99.8 Å². The molecular formula is C29H28ClN3O2. The predicted octanol–water partition coefficient (Wildman–Crippen LogP) is 5.42. The minimum absolute atomic E-state index is 0.0483. The van der Waals surface area contributed by atoms with Crippen LogP contribution in [0, 0.1) is 5.92 Å².